The largest absolute Gasteiger partial charge is 0.480 e. The maximum Gasteiger partial charge on any atom is 0.320 e. The van der Waals surface area contributed by atoms with E-state index < -0.39 is 18.1 Å². The van der Waals surface area contributed by atoms with E-state index in [9.17, 15) is 9.90 Å². The normalized spacial score (nSPS) is 14.4. The van der Waals surface area contributed by atoms with Crippen LogP contribution in [0.5, 0.6) is 0 Å². The van der Waals surface area contributed by atoms with Crippen LogP contribution >= 0.6 is 23.2 Å². The summed E-state index contributed by atoms with van der Waals surface area (Å²) in [7, 11) is 0. The van der Waals surface area contributed by atoms with Crippen molar-refractivity contribution in [2.24, 2.45) is 0 Å². The van der Waals surface area contributed by atoms with Gasteiger partial charge in [0, 0.05) is 22.2 Å². The molecule has 0 saturated carbocycles. The van der Waals surface area contributed by atoms with E-state index in [1.807, 2.05) is 0 Å². The second-order valence-electron chi connectivity index (χ2n) is 3.65. The summed E-state index contributed by atoms with van der Waals surface area (Å²) in [6.45, 7) is 1.60. The Labute approximate surface area is 109 Å². The minimum Gasteiger partial charge on any atom is -0.480 e. The van der Waals surface area contributed by atoms with Gasteiger partial charge in [-0.2, -0.15) is 0 Å². The minimum atomic E-state index is -0.973. The van der Waals surface area contributed by atoms with Crippen molar-refractivity contribution < 1.29 is 15.0 Å². The Bertz CT molecular complexity index is 412. The number of carbonyl (C=O) groups is 1. The van der Waals surface area contributed by atoms with Crippen LogP contribution in [-0.4, -0.2) is 28.8 Å². The van der Waals surface area contributed by atoms with E-state index in [0.29, 0.717) is 15.6 Å². The molecule has 94 valence electrons. The molecule has 0 amide bonds. The van der Waals surface area contributed by atoms with Crippen molar-refractivity contribution in [2.75, 3.05) is 6.54 Å². The fourth-order valence-electron chi connectivity index (χ4n) is 1.26. The van der Waals surface area contributed by atoms with Gasteiger partial charge in [0.2, 0.25) is 0 Å². The average Bonchev–Trinajstić information content (AvgIpc) is 2.25. The number of hydrogen-bond donors (Lipinski definition) is 3. The number of rotatable bonds is 5. The first-order chi connectivity index (χ1) is 7.91. The molecular weight excluding hydrogens is 265 g/mol. The van der Waals surface area contributed by atoms with Gasteiger partial charge < -0.3 is 15.5 Å². The zero-order valence-electron chi connectivity index (χ0n) is 9.15. The van der Waals surface area contributed by atoms with Gasteiger partial charge in [-0.1, -0.05) is 29.3 Å². The number of nitrogens with one attached hydrogen (secondary N) is 1. The van der Waals surface area contributed by atoms with Crippen molar-refractivity contribution in [3.05, 3.63) is 33.8 Å². The molecule has 3 N–H and O–H groups in total. The highest BCUT2D eigenvalue weighted by atomic mass is 35.5. The SMILES string of the molecule is CC(NCC(O)c1ccc(Cl)cc1Cl)C(=O)O. The van der Waals surface area contributed by atoms with Crippen molar-refractivity contribution in [1.82, 2.24) is 5.32 Å². The maximum atomic E-state index is 10.6. The number of hydrogen-bond acceptors (Lipinski definition) is 3. The minimum absolute atomic E-state index is 0.106. The third-order valence-electron chi connectivity index (χ3n) is 2.31. The smallest absolute Gasteiger partial charge is 0.320 e. The third-order valence-corrected chi connectivity index (χ3v) is 2.87. The Morgan fingerprint density at radius 3 is 2.65 bits per heavy atom. The molecule has 0 aromatic heterocycles. The molecule has 0 saturated heterocycles. The molecule has 0 aliphatic rings. The zero-order valence-corrected chi connectivity index (χ0v) is 10.7. The quantitative estimate of drug-likeness (QED) is 0.771. The molecule has 1 aromatic rings. The van der Waals surface area contributed by atoms with Crippen LogP contribution < -0.4 is 5.32 Å². The van der Waals surface area contributed by atoms with Gasteiger partial charge in [0.1, 0.15) is 6.04 Å². The summed E-state index contributed by atoms with van der Waals surface area (Å²) in [6, 6.07) is 4.04. The van der Waals surface area contributed by atoms with Crippen LogP contribution in [0, 0.1) is 0 Å². The van der Waals surface area contributed by atoms with Gasteiger partial charge in [0.05, 0.1) is 6.10 Å². The fourth-order valence-corrected chi connectivity index (χ4v) is 1.79. The summed E-state index contributed by atoms with van der Waals surface area (Å²) in [4.78, 5) is 10.6. The molecule has 0 bridgehead atoms. The molecule has 0 spiro atoms. The molecule has 1 aromatic carbocycles. The molecular formula is C11H13Cl2NO3. The van der Waals surface area contributed by atoms with E-state index >= 15 is 0 Å². The van der Waals surface area contributed by atoms with Crippen LogP contribution in [0.1, 0.15) is 18.6 Å². The zero-order chi connectivity index (χ0) is 13.0. The van der Waals surface area contributed by atoms with Crippen LogP contribution in [0.25, 0.3) is 0 Å². The summed E-state index contributed by atoms with van der Waals surface area (Å²) < 4.78 is 0. The van der Waals surface area contributed by atoms with Crippen LogP contribution in [0.4, 0.5) is 0 Å². The lowest BCUT2D eigenvalue weighted by Crippen LogP contribution is -2.36. The summed E-state index contributed by atoms with van der Waals surface area (Å²) in [5.41, 5.74) is 0.515. The predicted octanol–water partition coefficient (Wildman–Crippen LogP) is 2.09. The molecule has 0 heterocycles. The molecule has 1 rings (SSSR count). The molecule has 0 aliphatic heterocycles. The first-order valence-corrected chi connectivity index (χ1v) is 5.76. The van der Waals surface area contributed by atoms with Crippen molar-refractivity contribution in [2.45, 2.75) is 19.1 Å². The van der Waals surface area contributed by atoms with E-state index in [1.165, 1.54) is 13.0 Å². The van der Waals surface area contributed by atoms with Crippen molar-refractivity contribution in [3.63, 3.8) is 0 Å². The number of halogens is 2. The van der Waals surface area contributed by atoms with Gasteiger partial charge in [-0.25, -0.2) is 0 Å². The van der Waals surface area contributed by atoms with E-state index in [-0.39, 0.29) is 6.54 Å². The van der Waals surface area contributed by atoms with Gasteiger partial charge in [-0.05, 0) is 19.1 Å². The van der Waals surface area contributed by atoms with Crippen LogP contribution in [-0.2, 0) is 4.79 Å². The summed E-state index contributed by atoms with van der Waals surface area (Å²) in [5, 5.41) is 22.0. The van der Waals surface area contributed by atoms with Crippen molar-refractivity contribution in [3.8, 4) is 0 Å². The Kier molecular flexibility index (Phi) is 5.21. The fraction of sp³-hybridized carbons (Fsp3) is 0.364. The van der Waals surface area contributed by atoms with Crippen molar-refractivity contribution in [1.29, 1.82) is 0 Å². The van der Waals surface area contributed by atoms with E-state index in [4.69, 9.17) is 28.3 Å². The number of benzene rings is 1. The maximum absolute atomic E-state index is 10.6. The summed E-state index contributed by atoms with van der Waals surface area (Å²) in [6.07, 6.45) is -0.874. The monoisotopic (exact) mass is 277 g/mol. The van der Waals surface area contributed by atoms with E-state index in [2.05, 4.69) is 5.32 Å². The van der Waals surface area contributed by atoms with Gasteiger partial charge in [0.15, 0.2) is 0 Å². The highest BCUT2D eigenvalue weighted by molar-refractivity contribution is 6.35. The molecule has 2 unspecified atom stereocenters. The van der Waals surface area contributed by atoms with Crippen LogP contribution in [0.15, 0.2) is 18.2 Å². The highest BCUT2D eigenvalue weighted by Gasteiger charge is 2.15. The second kappa shape index (κ2) is 6.21. The Hall–Kier alpha value is -0.810. The molecule has 6 heteroatoms. The van der Waals surface area contributed by atoms with Gasteiger partial charge in [0.25, 0.3) is 0 Å². The summed E-state index contributed by atoms with van der Waals surface area (Å²) in [5.74, 6) is -0.973. The van der Waals surface area contributed by atoms with Gasteiger partial charge in [-0.15, -0.1) is 0 Å². The number of aliphatic carboxylic acids is 1. The lowest BCUT2D eigenvalue weighted by atomic mass is 10.1. The predicted molar refractivity (Wildman–Crippen MR) is 66.5 cm³/mol. The molecule has 4 nitrogen and oxygen atoms in total. The van der Waals surface area contributed by atoms with Crippen LogP contribution in [0.2, 0.25) is 10.0 Å². The van der Waals surface area contributed by atoms with Gasteiger partial charge >= 0.3 is 5.97 Å². The summed E-state index contributed by atoms with van der Waals surface area (Å²) >= 11 is 11.6. The van der Waals surface area contributed by atoms with E-state index in [1.54, 1.807) is 12.1 Å². The lowest BCUT2D eigenvalue weighted by molar-refractivity contribution is -0.139. The first-order valence-electron chi connectivity index (χ1n) is 5.01. The van der Waals surface area contributed by atoms with Gasteiger partial charge in [-0.3, -0.25) is 4.79 Å². The topological polar surface area (TPSA) is 69.6 Å². The van der Waals surface area contributed by atoms with Crippen LogP contribution in [0.3, 0.4) is 0 Å². The Morgan fingerprint density at radius 1 is 1.47 bits per heavy atom. The second-order valence-corrected chi connectivity index (χ2v) is 4.49. The standard InChI is InChI=1S/C11H13Cl2NO3/c1-6(11(16)17)14-5-10(15)8-3-2-7(12)4-9(8)13/h2-4,6,10,14-15H,5H2,1H3,(H,16,17). The molecule has 2 atom stereocenters. The Morgan fingerprint density at radius 2 is 2.12 bits per heavy atom. The molecule has 17 heavy (non-hydrogen) atoms. The lowest BCUT2D eigenvalue weighted by Gasteiger charge is -2.15. The first kappa shape index (κ1) is 14.3. The molecule has 0 aliphatic carbocycles. The Balaban J connectivity index is 2.64. The molecule has 0 radical (unpaired) electrons. The number of carboxylic acids is 1. The third kappa shape index (κ3) is 4.16. The van der Waals surface area contributed by atoms with E-state index in [0.717, 1.165) is 0 Å². The number of aliphatic hydroxyl groups is 1. The number of carboxylic acid groups (broad SMARTS) is 1. The van der Waals surface area contributed by atoms with Crippen molar-refractivity contribution >= 4 is 29.2 Å². The highest BCUT2D eigenvalue weighted by Crippen LogP contribution is 2.25. The molecule has 0 fully saturated rings. The average molecular weight is 278 g/mol. The number of aliphatic hydroxyl groups excluding tert-OH is 1.